The van der Waals surface area contributed by atoms with E-state index in [0.29, 0.717) is 5.56 Å². The summed E-state index contributed by atoms with van der Waals surface area (Å²) in [6, 6.07) is 6.89. The molecule has 0 radical (unpaired) electrons. The normalized spacial score (nSPS) is 12.7. The van der Waals surface area contributed by atoms with Gasteiger partial charge in [0, 0.05) is 0 Å². The molecule has 0 saturated heterocycles. The predicted octanol–water partition coefficient (Wildman–Crippen LogP) is 3.98. The van der Waals surface area contributed by atoms with Gasteiger partial charge in [-0.1, -0.05) is 45.0 Å². The first-order valence-electron chi connectivity index (χ1n) is 6.12. The Hall–Kier alpha value is -1.98. The van der Waals surface area contributed by atoms with Crippen LogP contribution in [0.5, 0.6) is 0 Å². The lowest BCUT2D eigenvalue weighted by Crippen LogP contribution is -2.11. The number of benzene rings is 1. The lowest BCUT2D eigenvalue weighted by Gasteiger charge is -2.19. The SMILES string of the molecule is CC(C)(C)c1ccc(-c2c(N)n[nH]c2C(F)(F)F)cc1. The maximum absolute atomic E-state index is 12.9. The van der Waals surface area contributed by atoms with Crippen LogP contribution in [0.2, 0.25) is 0 Å². The number of aromatic nitrogens is 2. The Morgan fingerprint density at radius 2 is 1.60 bits per heavy atom. The summed E-state index contributed by atoms with van der Waals surface area (Å²) in [7, 11) is 0. The summed E-state index contributed by atoms with van der Waals surface area (Å²) >= 11 is 0. The number of H-pyrrole nitrogens is 1. The largest absolute Gasteiger partial charge is 0.433 e. The summed E-state index contributed by atoms with van der Waals surface area (Å²) in [5, 5.41) is 5.42. The highest BCUT2D eigenvalue weighted by atomic mass is 19.4. The van der Waals surface area contributed by atoms with Gasteiger partial charge in [-0.15, -0.1) is 0 Å². The molecule has 20 heavy (non-hydrogen) atoms. The van der Waals surface area contributed by atoms with Crippen LogP contribution in [-0.2, 0) is 11.6 Å². The second-order valence-corrected chi connectivity index (χ2v) is 5.68. The zero-order chi connectivity index (χ0) is 15.1. The van der Waals surface area contributed by atoms with Crippen LogP contribution in [-0.4, -0.2) is 10.2 Å². The van der Waals surface area contributed by atoms with Gasteiger partial charge >= 0.3 is 6.18 Å². The van der Waals surface area contributed by atoms with E-state index in [1.165, 1.54) is 0 Å². The van der Waals surface area contributed by atoms with Gasteiger partial charge in [-0.05, 0) is 16.5 Å². The summed E-state index contributed by atoms with van der Waals surface area (Å²) in [6.07, 6.45) is -4.51. The van der Waals surface area contributed by atoms with E-state index >= 15 is 0 Å². The van der Waals surface area contributed by atoms with Crippen molar-refractivity contribution in [3.8, 4) is 11.1 Å². The van der Waals surface area contributed by atoms with E-state index in [4.69, 9.17) is 5.73 Å². The van der Waals surface area contributed by atoms with E-state index in [2.05, 4.69) is 5.10 Å². The third-order valence-electron chi connectivity index (χ3n) is 3.12. The second kappa shape index (κ2) is 4.54. The van der Waals surface area contributed by atoms with Gasteiger partial charge in [0.2, 0.25) is 0 Å². The summed E-state index contributed by atoms with van der Waals surface area (Å²) in [4.78, 5) is 0. The van der Waals surface area contributed by atoms with E-state index in [1.807, 2.05) is 38.0 Å². The number of nitrogens with two attached hydrogens (primary N) is 1. The molecule has 0 saturated carbocycles. The predicted molar refractivity (Wildman–Crippen MR) is 72.1 cm³/mol. The molecule has 3 N–H and O–H groups in total. The lowest BCUT2D eigenvalue weighted by atomic mass is 9.86. The molecule has 2 aromatic rings. The van der Waals surface area contributed by atoms with E-state index in [9.17, 15) is 13.2 Å². The van der Waals surface area contributed by atoms with Crippen LogP contribution in [0.4, 0.5) is 19.0 Å². The summed E-state index contributed by atoms with van der Waals surface area (Å²) in [5.41, 5.74) is 5.91. The first kappa shape index (κ1) is 14.4. The van der Waals surface area contributed by atoms with Crippen LogP contribution in [0.25, 0.3) is 11.1 Å². The van der Waals surface area contributed by atoms with Crippen molar-refractivity contribution < 1.29 is 13.2 Å². The molecule has 0 unspecified atom stereocenters. The van der Waals surface area contributed by atoms with Gasteiger partial charge in [-0.3, -0.25) is 5.10 Å². The fourth-order valence-corrected chi connectivity index (χ4v) is 1.99. The van der Waals surface area contributed by atoms with Gasteiger partial charge < -0.3 is 5.73 Å². The Balaban J connectivity index is 2.50. The van der Waals surface area contributed by atoms with Crippen molar-refractivity contribution in [1.82, 2.24) is 10.2 Å². The van der Waals surface area contributed by atoms with E-state index < -0.39 is 11.9 Å². The van der Waals surface area contributed by atoms with Crippen LogP contribution in [0, 0.1) is 0 Å². The number of hydrogen-bond donors (Lipinski definition) is 2. The van der Waals surface area contributed by atoms with Crippen LogP contribution in [0.1, 0.15) is 32.0 Å². The van der Waals surface area contributed by atoms with Crippen LogP contribution in [0.15, 0.2) is 24.3 Å². The highest BCUT2D eigenvalue weighted by Crippen LogP contribution is 2.39. The molecule has 0 atom stereocenters. The maximum atomic E-state index is 12.9. The van der Waals surface area contributed by atoms with Gasteiger partial charge in [0.15, 0.2) is 5.82 Å². The van der Waals surface area contributed by atoms with Gasteiger partial charge in [-0.2, -0.15) is 18.3 Å². The lowest BCUT2D eigenvalue weighted by molar-refractivity contribution is -0.140. The van der Waals surface area contributed by atoms with Crippen molar-refractivity contribution in [2.24, 2.45) is 0 Å². The molecular weight excluding hydrogens is 267 g/mol. The molecule has 0 aliphatic heterocycles. The van der Waals surface area contributed by atoms with Gasteiger partial charge in [0.1, 0.15) is 5.69 Å². The number of hydrogen-bond acceptors (Lipinski definition) is 2. The number of halogens is 3. The van der Waals surface area contributed by atoms with Crippen molar-refractivity contribution in [2.45, 2.75) is 32.4 Å². The highest BCUT2D eigenvalue weighted by Gasteiger charge is 2.37. The van der Waals surface area contributed by atoms with Crippen LogP contribution >= 0.6 is 0 Å². The number of rotatable bonds is 1. The van der Waals surface area contributed by atoms with E-state index in [1.54, 1.807) is 12.1 Å². The summed E-state index contributed by atoms with van der Waals surface area (Å²) in [6.45, 7) is 6.11. The minimum Gasteiger partial charge on any atom is -0.382 e. The molecule has 1 aromatic heterocycles. The van der Waals surface area contributed by atoms with Crippen molar-refractivity contribution in [2.75, 3.05) is 5.73 Å². The molecule has 0 amide bonds. The Bertz CT molecular complexity index is 604. The molecule has 1 aromatic carbocycles. The standard InChI is InChI=1S/C14H16F3N3/c1-13(2,3)9-6-4-8(5-7-9)10-11(14(15,16)17)19-20-12(10)18/h4-7H,1-3H3,(H3,18,19,20). The molecule has 0 bridgehead atoms. The fraction of sp³-hybridized carbons (Fsp3) is 0.357. The molecule has 108 valence electrons. The van der Waals surface area contributed by atoms with Crippen molar-refractivity contribution in [1.29, 1.82) is 0 Å². The quantitative estimate of drug-likeness (QED) is 0.831. The third kappa shape index (κ3) is 2.64. The molecule has 0 aliphatic carbocycles. The minimum absolute atomic E-state index is 0.0622. The molecule has 1 heterocycles. The van der Waals surface area contributed by atoms with Crippen molar-refractivity contribution in [3.63, 3.8) is 0 Å². The number of aromatic amines is 1. The number of nitrogens with one attached hydrogen (secondary N) is 1. The zero-order valence-electron chi connectivity index (χ0n) is 11.5. The Kier molecular flexibility index (Phi) is 3.28. The topological polar surface area (TPSA) is 54.7 Å². The Morgan fingerprint density at radius 1 is 1.05 bits per heavy atom. The molecular formula is C14H16F3N3. The smallest absolute Gasteiger partial charge is 0.382 e. The summed E-state index contributed by atoms with van der Waals surface area (Å²) in [5.74, 6) is -0.152. The monoisotopic (exact) mass is 283 g/mol. The second-order valence-electron chi connectivity index (χ2n) is 5.68. The van der Waals surface area contributed by atoms with Crippen LogP contribution < -0.4 is 5.73 Å². The molecule has 0 fully saturated rings. The first-order valence-corrected chi connectivity index (χ1v) is 6.12. The van der Waals surface area contributed by atoms with Crippen molar-refractivity contribution >= 4 is 5.82 Å². The average Bonchev–Trinajstić information content (AvgIpc) is 2.70. The Labute approximate surface area is 115 Å². The van der Waals surface area contributed by atoms with E-state index in [-0.39, 0.29) is 16.8 Å². The molecule has 0 spiro atoms. The maximum Gasteiger partial charge on any atom is 0.433 e. The Morgan fingerprint density at radius 3 is 2.05 bits per heavy atom. The van der Waals surface area contributed by atoms with E-state index in [0.717, 1.165) is 5.56 Å². The minimum atomic E-state index is -4.51. The highest BCUT2D eigenvalue weighted by molar-refractivity contribution is 5.76. The average molecular weight is 283 g/mol. The number of nitrogen functional groups attached to an aromatic ring is 1. The van der Waals surface area contributed by atoms with Crippen LogP contribution in [0.3, 0.4) is 0 Å². The van der Waals surface area contributed by atoms with Gasteiger partial charge in [0.05, 0.1) is 5.56 Å². The molecule has 6 heteroatoms. The molecule has 2 rings (SSSR count). The number of anilines is 1. The van der Waals surface area contributed by atoms with Crippen molar-refractivity contribution in [3.05, 3.63) is 35.5 Å². The van der Waals surface area contributed by atoms with Gasteiger partial charge in [0.25, 0.3) is 0 Å². The molecule has 0 aliphatic rings. The number of nitrogens with zero attached hydrogens (tertiary/aromatic N) is 1. The summed E-state index contributed by atoms with van der Waals surface area (Å²) < 4.78 is 38.7. The fourth-order valence-electron chi connectivity index (χ4n) is 1.99. The first-order chi connectivity index (χ1) is 9.10. The number of alkyl halides is 3. The zero-order valence-corrected chi connectivity index (χ0v) is 11.5. The third-order valence-corrected chi connectivity index (χ3v) is 3.12. The molecule has 3 nitrogen and oxygen atoms in total. The van der Waals surface area contributed by atoms with Gasteiger partial charge in [-0.25, -0.2) is 0 Å².